The Bertz CT molecular complexity index is 429. The maximum Gasteiger partial charge on any atom is 0.233 e. The summed E-state index contributed by atoms with van der Waals surface area (Å²) in [5, 5.41) is 8.67. The third-order valence-corrected chi connectivity index (χ3v) is 3.66. The summed E-state index contributed by atoms with van der Waals surface area (Å²) in [6.45, 7) is 7.12. The highest BCUT2D eigenvalue weighted by molar-refractivity contribution is 8.01. The number of thioether (sulfide) groups is 1. The first-order valence-electron chi connectivity index (χ1n) is 6.23. The van der Waals surface area contributed by atoms with Crippen LogP contribution in [0.4, 0.5) is 0 Å². The van der Waals surface area contributed by atoms with Gasteiger partial charge in [0.15, 0.2) is 0 Å². The Morgan fingerprint density at radius 2 is 2.26 bits per heavy atom. The Labute approximate surface area is 118 Å². The third-order valence-electron chi connectivity index (χ3n) is 2.40. The van der Waals surface area contributed by atoms with Gasteiger partial charge in [-0.15, -0.1) is 11.8 Å². The third kappa shape index (κ3) is 6.35. The fourth-order valence-electron chi connectivity index (χ4n) is 1.44. The van der Waals surface area contributed by atoms with Gasteiger partial charge in [0, 0.05) is 11.3 Å². The standard InChI is InChI=1S/C14H20N2O2S/c1-14(2,3)19-11-13(17)16(8-5-7-15)10-12-6-4-9-18-12/h4,6,9H,5,8,10-11H2,1-3H3. The zero-order valence-electron chi connectivity index (χ0n) is 11.7. The molecule has 0 saturated heterocycles. The lowest BCUT2D eigenvalue weighted by Crippen LogP contribution is -2.33. The Kier molecular flexibility index (Phi) is 5.97. The van der Waals surface area contributed by atoms with Crippen LogP contribution in [0.2, 0.25) is 0 Å². The Hall–Kier alpha value is -1.41. The lowest BCUT2D eigenvalue weighted by Gasteiger charge is -2.23. The molecule has 1 rings (SSSR count). The molecule has 5 heteroatoms. The van der Waals surface area contributed by atoms with Crippen LogP contribution < -0.4 is 0 Å². The predicted octanol–water partition coefficient (Wildman–Crippen LogP) is 3.05. The molecule has 1 aromatic heterocycles. The average molecular weight is 280 g/mol. The van der Waals surface area contributed by atoms with Gasteiger partial charge in [-0.3, -0.25) is 4.79 Å². The summed E-state index contributed by atoms with van der Waals surface area (Å²) in [5.74, 6) is 1.22. The number of furan rings is 1. The zero-order chi connectivity index (χ0) is 14.3. The van der Waals surface area contributed by atoms with Gasteiger partial charge in [0.2, 0.25) is 5.91 Å². The van der Waals surface area contributed by atoms with Gasteiger partial charge in [-0.2, -0.15) is 5.26 Å². The molecule has 19 heavy (non-hydrogen) atoms. The first kappa shape index (κ1) is 15.6. The van der Waals surface area contributed by atoms with Crippen LogP contribution in [-0.2, 0) is 11.3 Å². The molecule has 0 bridgehead atoms. The van der Waals surface area contributed by atoms with Crippen LogP contribution in [0.15, 0.2) is 22.8 Å². The summed E-state index contributed by atoms with van der Waals surface area (Å²) in [7, 11) is 0. The first-order valence-corrected chi connectivity index (χ1v) is 7.22. The number of rotatable bonds is 6. The molecule has 0 unspecified atom stereocenters. The van der Waals surface area contributed by atoms with Gasteiger partial charge >= 0.3 is 0 Å². The minimum atomic E-state index is 0.0478. The lowest BCUT2D eigenvalue weighted by atomic mass is 10.3. The average Bonchev–Trinajstić information content (AvgIpc) is 2.83. The second kappa shape index (κ2) is 7.25. The normalized spacial score (nSPS) is 11.1. The van der Waals surface area contributed by atoms with Crippen molar-refractivity contribution in [3.8, 4) is 6.07 Å². The highest BCUT2D eigenvalue weighted by Crippen LogP contribution is 2.23. The predicted molar refractivity (Wildman–Crippen MR) is 76.6 cm³/mol. The van der Waals surface area contributed by atoms with Gasteiger partial charge in [-0.25, -0.2) is 0 Å². The molecule has 1 aromatic rings. The number of nitriles is 1. The topological polar surface area (TPSA) is 57.2 Å². The highest BCUT2D eigenvalue weighted by Gasteiger charge is 2.19. The maximum absolute atomic E-state index is 12.2. The van der Waals surface area contributed by atoms with Crippen LogP contribution in [0, 0.1) is 11.3 Å². The van der Waals surface area contributed by atoms with Crippen LogP contribution in [0.25, 0.3) is 0 Å². The van der Waals surface area contributed by atoms with Crippen LogP contribution in [0.3, 0.4) is 0 Å². The van der Waals surface area contributed by atoms with Crippen molar-refractivity contribution in [2.75, 3.05) is 12.3 Å². The van der Waals surface area contributed by atoms with Crippen LogP contribution in [0.1, 0.15) is 33.0 Å². The molecule has 0 N–H and O–H groups in total. The van der Waals surface area contributed by atoms with E-state index in [0.29, 0.717) is 25.3 Å². The summed E-state index contributed by atoms with van der Waals surface area (Å²) >= 11 is 1.61. The SMILES string of the molecule is CC(C)(C)SCC(=O)N(CCC#N)Cc1ccco1. The van der Waals surface area contributed by atoms with E-state index < -0.39 is 0 Å². The molecule has 1 amide bonds. The van der Waals surface area contributed by atoms with Crippen molar-refractivity contribution in [3.63, 3.8) is 0 Å². The number of carbonyl (C=O) groups is 1. The Morgan fingerprint density at radius 1 is 1.53 bits per heavy atom. The number of nitrogens with zero attached hydrogens (tertiary/aromatic N) is 2. The van der Waals surface area contributed by atoms with Gasteiger partial charge in [-0.1, -0.05) is 20.8 Å². The van der Waals surface area contributed by atoms with Crippen molar-refractivity contribution in [3.05, 3.63) is 24.2 Å². The molecular weight excluding hydrogens is 260 g/mol. The highest BCUT2D eigenvalue weighted by atomic mass is 32.2. The number of amides is 1. The minimum Gasteiger partial charge on any atom is -0.467 e. The first-order chi connectivity index (χ1) is 8.92. The van der Waals surface area contributed by atoms with Gasteiger partial charge in [0.1, 0.15) is 5.76 Å². The Morgan fingerprint density at radius 3 is 2.79 bits per heavy atom. The molecule has 1 heterocycles. The quantitative estimate of drug-likeness (QED) is 0.803. The van der Waals surface area contributed by atoms with E-state index in [2.05, 4.69) is 26.8 Å². The van der Waals surface area contributed by atoms with E-state index in [0.717, 1.165) is 5.76 Å². The van der Waals surface area contributed by atoms with E-state index in [4.69, 9.17) is 9.68 Å². The summed E-state index contributed by atoms with van der Waals surface area (Å²) < 4.78 is 5.31. The number of hydrogen-bond donors (Lipinski definition) is 0. The maximum atomic E-state index is 12.2. The fraction of sp³-hybridized carbons (Fsp3) is 0.571. The van der Waals surface area contributed by atoms with E-state index >= 15 is 0 Å². The monoisotopic (exact) mass is 280 g/mol. The van der Waals surface area contributed by atoms with Crippen molar-refractivity contribution in [1.82, 2.24) is 4.90 Å². The van der Waals surface area contributed by atoms with Crippen molar-refractivity contribution < 1.29 is 9.21 Å². The van der Waals surface area contributed by atoms with Crippen molar-refractivity contribution in [2.24, 2.45) is 0 Å². The van der Waals surface area contributed by atoms with Crippen LogP contribution in [-0.4, -0.2) is 27.9 Å². The second-order valence-electron chi connectivity index (χ2n) is 5.20. The summed E-state index contributed by atoms with van der Waals surface area (Å²) in [6.07, 6.45) is 1.93. The largest absolute Gasteiger partial charge is 0.467 e. The van der Waals surface area contributed by atoms with Gasteiger partial charge in [-0.05, 0) is 12.1 Å². The van der Waals surface area contributed by atoms with E-state index in [9.17, 15) is 4.79 Å². The van der Waals surface area contributed by atoms with Crippen LogP contribution in [0.5, 0.6) is 0 Å². The minimum absolute atomic E-state index is 0.0478. The number of hydrogen-bond acceptors (Lipinski definition) is 4. The summed E-state index contributed by atoms with van der Waals surface area (Å²) in [5.41, 5.74) is 0. The van der Waals surface area contributed by atoms with E-state index in [1.807, 2.05) is 6.07 Å². The second-order valence-corrected chi connectivity index (χ2v) is 7.01. The van der Waals surface area contributed by atoms with Crippen molar-refractivity contribution >= 4 is 17.7 Å². The molecule has 0 aliphatic carbocycles. The molecule has 0 aliphatic heterocycles. The molecule has 0 aliphatic rings. The van der Waals surface area contributed by atoms with Crippen molar-refractivity contribution in [2.45, 2.75) is 38.5 Å². The van der Waals surface area contributed by atoms with E-state index in [-0.39, 0.29) is 10.7 Å². The fourth-order valence-corrected chi connectivity index (χ4v) is 2.18. The van der Waals surface area contributed by atoms with Gasteiger partial charge in [0.25, 0.3) is 0 Å². The smallest absolute Gasteiger partial charge is 0.233 e. The Balaban J connectivity index is 2.57. The van der Waals surface area contributed by atoms with E-state index in [1.54, 1.807) is 29.0 Å². The van der Waals surface area contributed by atoms with Gasteiger partial charge in [0.05, 0.1) is 31.1 Å². The molecule has 104 valence electrons. The zero-order valence-corrected chi connectivity index (χ0v) is 12.5. The molecule has 0 spiro atoms. The molecule has 0 fully saturated rings. The molecule has 4 nitrogen and oxygen atoms in total. The molecule has 0 radical (unpaired) electrons. The molecule has 0 atom stereocenters. The van der Waals surface area contributed by atoms with Crippen molar-refractivity contribution in [1.29, 1.82) is 5.26 Å². The molecular formula is C14H20N2O2S. The van der Waals surface area contributed by atoms with Crippen LogP contribution >= 0.6 is 11.8 Å². The summed E-state index contributed by atoms with van der Waals surface area (Å²) in [4.78, 5) is 13.9. The van der Waals surface area contributed by atoms with Gasteiger partial charge < -0.3 is 9.32 Å². The summed E-state index contributed by atoms with van der Waals surface area (Å²) in [6, 6.07) is 5.71. The molecule has 0 saturated carbocycles. The number of carbonyl (C=O) groups excluding carboxylic acids is 1. The lowest BCUT2D eigenvalue weighted by molar-refractivity contribution is -0.129. The van der Waals surface area contributed by atoms with E-state index in [1.165, 1.54) is 0 Å². The molecule has 0 aromatic carbocycles.